The Balaban J connectivity index is 1.73. The minimum Gasteiger partial charge on any atom is -0.493 e. The monoisotopic (exact) mass is 339 g/mol. The normalized spacial score (nSPS) is 16.7. The first kappa shape index (κ1) is 15.4. The minimum atomic E-state index is 0.0232. The highest BCUT2D eigenvalue weighted by Crippen LogP contribution is 2.36. The quantitative estimate of drug-likeness (QED) is 0.773. The number of ketones is 1. The number of aromatic nitrogens is 4. The number of benzene rings is 1. The number of hydrogen-bond acceptors (Lipinski definition) is 7. The first-order valence-corrected chi connectivity index (χ1v) is 7.86. The van der Waals surface area contributed by atoms with E-state index < -0.39 is 0 Å². The van der Waals surface area contributed by atoms with Gasteiger partial charge in [0, 0.05) is 12.6 Å². The molecule has 0 amide bonds. The van der Waals surface area contributed by atoms with Crippen molar-refractivity contribution in [1.82, 2.24) is 19.6 Å². The average molecular weight is 339 g/mol. The van der Waals surface area contributed by atoms with Crippen molar-refractivity contribution in [1.29, 1.82) is 0 Å². The molecule has 25 heavy (non-hydrogen) atoms. The molecule has 0 saturated carbocycles. The molecule has 1 aliphatic carbocycles. The summed E-state index contributed by atoms with van der Waals surface area (Å²) >= 11 is 0. The first-order valence-electron chi connectivity index (χ1n) is 7.86. The van der Waals surface area contributed by atoms with Crippen LogP contribution in [0.15, 0.2) is 24.4 Å². The Bertz CT molecular complexity index is 982. The third-order valence-corrected chi connectivity index (χ3v) is 4.48. The smallest absolute Gasteiger partial charge is 0.254 e. The van der Waals surface area contributed by atoms with Crippen molar-refractivity contribution >= 4 is 17.5 Å². The zero-order chi connectivity index (χ0) is 17.6. The van der Waals surface area contributed by atoms with Gasteiger partial charge in [-0.2, -0.15) is 4.98 Å². The molecule has 4 rings (SSSR count). The summed E-state index contributed by atoms with van der Waals surface area (Å²) in [4.78, 5) is 21.1. The molecule has 1 aliphatic rings. The number of fused-ring (bicyclic) bond motifs is 2. The molecule has 128 valence electrons. The summed E-state index contributed by atoms with van der Waals surface area (Å²) in [6.07, 6.45) is 2.70. The van der Waals surface area contributed by atoms with Gasteiger partial charge in [0.25, 0.3) is 5.78 Å². The van der Waals surface area contributed by atoms with Crippen LogP contribution < -0.4 is 15.2 Å². The molecule has 0 saturated heterocycles. The molecule has 0 fully saturated rings. The van der Waals surface area contributed by atoms with E-state index in [0.29, 0.717) is 35.7 Å². The highest BCUT2D eigenvalue weighted by atomic mass is 16.5. The molecular formula is C17H17N5O3. The number of carbonyl (C=O) groups is 1. The number of rotatable bonds is 3. The van der Waals surface area contributed by atoms with E-state index in [1.54, 1.807) is 20.4 Å². The lowest BCUT2D eigenvalue weighted by Gasteiger charge is -2.23. The van der Waals surface area contributed by atoms with Gasteiger partial charge in [-0.3, -0.25) is 4.79 Å². The van der Waals surface area contributed by atoms with Crippen LogP contribution in [0.5, 0.6) is 11.5 Å². The summed E-state index contributed by atoms with van der Waals surface area (Å²) in [5, 5.41) is 4.01. The summed E-state index contributed by atoms with van der Waals surface area (Å²) < 4.78 is 12.1. The number of anilines is 1. The Morgan fingerprint density at radius 1 is 1.16 bits per heavy atom. The second-order valence-electron chi connectivity index (χ2n) is 5.96. The molecule has 3 aromatic rings. The van der Waals surface area contributed by atoms with Gasteiger partial charge in [-0.15, -0.1) is 5.10 Å². The van der Waals surface area contributed by atoms with E-state index in [1.165, 1.54) is 4.52 Å². The second-order valence-corrected chi connectivity index (χ2v) is 5.96. The summed E-state index contributed by atoms with van der Waals surface area (Å²) in [5.41, 5.74) is 7.92. The zero-order valence-corrected chi connectivity index (χ0v) is 13.9. The molecule has 2 heterocycles. The summed E-state index contributed by atoms with van der Waals surface area (Å²) in [7, 11) is 3.19. The standard InChI is InChI=1S/C17H17N5O3/c1-24-14-4-3-9(7-15(14)25-2)10-5-12-11(13(23)6-10)8-22-17(19-12)20-16(18)21-22/h3-4,7-8,10H,5-6H2,1-2H3,(H2,18,21)/t10-/m1/s1. The minimum absolute atomic E-state index is 0.0232. The number of carbonyl (C=O) groups excluding carboxylic acids is 1. The Labute approximate surface area is 143 Å². The van der Waals surface area contributed by atoms with Crippen molar-refractivity contribution in [3.05, 3.63) is 41.2 Å². The van der Waals surface area contributed by atoms with E-state index in [4.69, 9.17) is 15.2 Å². The van der Waals surface area contributed by atoms with Crippen molar-refractivity contribution in [2.75, 3.05) is 20.0 Å². The Morgan fingerprint density at radius 3 is 2.72 bits per heavy atom. The predicted molar refractivity (Wildman–Crippen MR) is 90.1 cm³/mol. The number of nitrogen functional groups attached to an aromatic ring is 1. The van der Waals surface area contributed by atoms with Crippen LogP contribution in [0.2, 0.25) is 0 Å². The molecule has 1 atom stereocenters. The van der Waals surface area contributed by atoms with Crippen LogP contribution in [-0.2, 0) is 6.42 Å². The number of methoxy groups -OCH3 is 2. The van der Waals surface area contributed by atoms with Crippen LogP contribution in [0.25, 0.3) is 5.78 Å². The maximum absolute atomic E-state index is 12.6. The van der Waals surface area contributed by atoms with Crippen molar-refractivity contribution in [2.45, 2.75) is 18.8 Å². The maximum Gasteiger partial charge on any atom is 0.254 e. The molecular weight excluding hydrogens is 322 g/mol. The van der Waals surface area contributed by atoms with Gasteiger partial charge in [0.2, 0.25) is 5.95 Å². The average Bonchev–Trinajstić information content (AvgIpc) is 2.98. The van der Waals surface area contributed by atoms with Gasteiger partial charge in [0.15, 0.2) is 17.3 Å². The lowest BCUT2D eigenvalue weighted by Crippen LogP contribution is -2.21. The van der Waals surface area contributed by atoms with Crippen molar-refractivity contribution in [2.24, 2.45) is 0 Å². The fourth-order valence-electron chi connectivity index (χ4n) is 3.24. The van der Waals surface area contributed by atoms with E-state index >= 15 is 0 Å². The predicted octanol–water partition coefficient (Wildman–Crippen LogP) is 1.64. The van der Waals surface area contributed by atoms with Crippen LogP contribution in [0.1, 0.15) is 34.0 Å². The highest BCUT2D eigenvalue weighted by Gasteiger charge is 2.29. The highest BCUT2D eigenvalue weighted by molar-refractivity contribution is 5.98. The number of nitrogens with two attached hydrogens (primary N) is 1. The molecule has 0 unspecified atom stereocenters. The van der Waals surface area contributed by atoms with Crippen LogP contribution in [-0.4, -0.2) is 39.6 Å². The Hall–Kier alpha value is -3.16. The number of ether oxygens (including phenoxy) is 2. The van der Waals surface area contributed by atoms with E-state index in [0.717, 1.165) is 11.3 Å². The number of nitrogens with zero attached hydrogens (tertiary/aromatic N) is 4. The molecule has 0 radical (unpaired) electrons. The Morgan fingerprint density at radius 2 is 1.96 bits per heavy atom. The largest absolute Gasteiger partial charge is 0.493 e. The summed E-state index contributed by atoms with van der Waals surface area (Å²) in [6.45, 7) is 0. The lowest BCUT2D eigenvalue weighted by atomic mass is 9.82. The number of Topliss-reactive ketones (excluding diaryl/α,β-unsaturated/α-hetero) is 1. The fourth-order valence-corrected chi connectivity index (χ4v) is 3.24. The molecule has 0 spiro atoms. The third kappa shape index (κ3) is 2.55. The van der Waals surface area contributed by atoms with Gasteiger partial charge in [-0.05, 0) is 30.0 Å². The molecule has 2 aromatic heterocycles. The van der Waals surface area contributed by atoms with Crippen LogP contribution in [0.3, 0.4) is 0 Å². The van der Waals surface area contributed by atoms with Gasteiger partial charge < -0.3 is 15.2 Å². The van der Waals surface area contributed by atoms with E-state index in [1.807, 2.05) is 18.2 Å². The third-order valence-electron chi connectivity index (χ3n) is 4.48. The van der Waals surface area contributed by atoms with Crippen molar-refractivity contribution in [3.8, 4) is 11.5 Å². The van der Waals surface area contributed by atoms with E-state index in [9.17, 15) is 4.79 Å². The fraction of sp³-hybridized carbons (Fsp3) is 0.294. The van der Waals surface area contributed by atoms with E-state index in [2.05, 4.69) is 15.1 Å². The topological polar surface area (TPSA) is 105 Å². The second kappa shape index (κ2) is 5.73. The molecule has 2 N–H and O–H groups in total. The maximum atomic E-state index is 12.6. The molecule has 8 nitrogen and oxygen atoms in total. The Kier molecular flexibility index (Phi) is 3.52. The van der Waals surface area contributed by atoms with Gasteiger partial charge in [0.05, 0.1) is 25.5 Å². The molecule has 8 heteroatoms. The van der Waals surface area contributed by atoms with Crippen molar-refractivity contribution < 1.29 is 14.3 Å². The van der Waals surface area contributed by atoms with Crippen LogP contribution in [0, 0.1) is 0 Å². The van der Waals surface area contributed by atoms with Gasteiger partial charge in [0.1, 0.15) is 0 Å². The first-order chi connectivity index (χ1) is 12.1. The van der Waals surface area contributed by atoms with Gasteiger partial charge in [-0.1, -0.05) is 6.07 Å². The summed E-state index contributed by atoms with van der Waals surface area (Å²) in [6, 6.07) is 5.72. The molecule has 1 aromatic carbocycles. The van der Waals surface area contributed by atoms with Gasteiger partial charge in [-0.25, -0.2) is 9.50 Å². The van der Waals surface area contributed by atoms with Crippen LogP contribution in [0.4, 0.5) is 5.95 Å². The van der Waals surface area contributed by atoms with Crippen LogP contribution >= 0.6 is 0 Å². The SMILES string of the molecule is COc1ccc([C@H]2CC(=O)c3cn4nc(N)nc4nc3C2)cc1OC. The van der Waals surface area contributed by atoms with Crippen molar-refractivity contribution in [3.63, 3.8) is 0 Å². The lowest BCUT2D eigenvalue weighted by molar-refractivity contribution is 0.0962. The molecule has 0 aliphatic heterocycles. The summed E-state index contributed by atoms with van der Waals surface area (Å²) in [5.74, 6) is 1.90. The molecule has 0 bridgehead atoms. The van der Waals surface area contributed by atoms with Gasteiger partial charge >= 0.3 is 0 Å². The number of hydrogen-bond donors (Lipinski definition) is 1. The zero-order valence-electron chi connectivity index (χ0n) is 13.9. The van der Waals surface area contributed by atoms with E-state index in [-0.39, 0.29) is 17.6 Å².